The third kappa shape index (κ3) is 7.30. The van der Waals surface area contributed by atoms with Gasteiger partial charge in [-0.05, 0) is 82.9 Å². The van der Waals surface area contributed by atoms with Crippen LogP contribution in [0.3, 0.4) is 0 Å². The minimum absolute atomic E-state index is 0.0565. The Hall–Kier alpha value is -3.65. The van der Waals surface area contributed by atoms with Gasteiger partial charge < -0.3 is 10.2 Å². The largest absolute Gasteiger partial charge is 0.352 e. The lowest BCUT2D eigenvalue weighted by molar-refractivity contribution is -0.139. The molecule has 8 heteroatoms. The number of benzene rings is 3. The second kappa shape index (κ2) is 13.1. The van der Waals surface area contributed by atoms with Crippen LogP contribution in [0.2, 0.25) is 0 Å². The molecule has 2 atom stereocenters. The molecule has 0 aromatic heterocycles. The number of nitrogens with one attached hydrogen (secondary N) is 1. The molecule has 2 amide bonds. The summed E-state index contributed by atoms with van der Waals surface area (Å²) < 4.78 is 29.2. The van der Waals surface area contributed by atoms with Crippen LogP contribution in [0.25, 0.3) is 0 Å². The molecule has 1 N–H and O–H groups in total. The Labute approximate surface area is 239 Å². The monoisotopic (exact) mass is 563 g/mol. The number of amides is 2. The topological polar surface area (TPSA) is 86.8 Å². The Morgan fingerprint density at radius 3 is 2.08 bits per heavy atom. The fourth-order valence-electron chi connectivity index (χ4n) is 4.46. The maximum Gasteiger partial charge on any atom is 0.264 e. The molecule has 0 bridgehead atoms. The van der Waals surface area contributed by atoms with E-state index >= 15 is 0 Å². The molecule has 40 heavy (non-hydrogen) atoms. The van der Waals surface area contributed by atoms with E-state index in [4.69, 9.17) is 0 Å². The molecule has 3 rings (SSSR count). The number of sulfonamides is 1. The number of nitrogens with zero attached hydrogens (tertiary/aromatic N) is 2. The minimum atomic E-state index is -4.10. The highest BCUT2D eigenvalue weighted by Gasteiger charge is 2.33. The second-order valence-electron chi connectivity index (χ2n) is 10.6. The summed E-state index contributed by atoms with van der Waals surface area (Å²) in [5, 5.41) is 2.96. The molecule has 0 heterocycles. The van der Waals surface area contributed by atoms with Crippen molar-refractivity contribution < 1.29 is 18.0 Å². The van der Waals surface area contributed by atoms with E-state index in [1.807, 2.05) is 77.9 Å². The fraction of sp³-hybridized carbons (Fsp3) is 0.375. The van der Waals surface area contributed by atoms with Gasteiger partial charge in [-0.1, -0.05) is 66.6 Å². The van der Waals surface area contributed by atoms with Gasteiger partial charge in [0.05, 0.1) is 10.6 Å². The van der Waals surface area contributed by atoms with Gasteiger partial charge >= 0.3 is 0 Å². The summed E-state index contributed by atoms with van der Waals surface area (Å²) in [5.41, 5.74) is 4.94. The summed E-state index contributed by atoms with van der Waals surface area (Å²) in [5.74, 6) is -0.749. The minimum Gasteiger partial charge on any atom is -0.352 e. The normalized spacial score (nSPS) is 12.9. The Morgan fingerprint density at radius 1 is 0.850 bits per heavy atom. The van der Waals surface area contributed by atoms with Crippen LogP contribution >= 0.6 is 0 Å². The number of anilines is 1. The van der Waals surface area contributed by atoms with Gasteiger partial charge in [-0.15, -0.1) is 0 Å². The first-order chi connectivity index (χ1) is 18.8. The molecule has 0 aliphatic rings. The van der Waals surface area contributed by atoms with E-state index < -0.39 is 28.5 Å². The molecule has 0 fully saturated rings. The molecule has 214 valence electrons. The number of hydrogen-bond acceptors (Lipinski definition) is 4. The number of hydrogen-bond donors (Lipinski definition) is 1. The van der Waals surface area contributed by atoms with E-state index in [-0.39, 0.29) is 23.4 Å². The third-order valence-electron chi connectivity index (χ3n) is 7.28. The van der Waals surface area contributed by atoms with Gasteiger partial charge in [0.1, 0.15) is 12.6 Å². The zero-order valence-electron chi connectivity index (χ0n) is 24.6. The van der Waals surface area contributed by atoms with Gasteiger partial charge in [0.25, 0.3) is 10.0 Å². The second-order valence-corrected chi connectivity index (χ2v) is 12.4. The van der Waals surface area contributed by atoms with E-state index in [2.05, 4.69) is 5.32 Å². The standard InChI is InChI=1S/C32H41N3O4S/c1-8-26(6)33-32(37)27(7)34(20-28-12-10-9-11-24(28)4)31(36)21-35(30-18-15-23(3)19-25(30)5)40(38,39)29-16-13-22(2)14-17-29/h9-19,26-27H,8,20-21H2,1-7H3,(H,33,37)/t26-,27-/m1/s1. The van der Waals surface area contributed by atoms with Crippen molar-refractivity contribution in [3.05, 3.63) is 94.5 Å². The van der Waals surface area contributed by atoms with Crippen molar-refractivity contribution in [2.24, 2.45) is 0 Å². The zero-order valence-corrected chi connectivity index (χ0v) is 25.4. The van der Waals surface area contributed by atoms with Crippen molar-refractivity contribution in [1.29, 1.82) is 0 Å². The fourth-order valence-corrected chi connectivity index (χ4v) is 5.93. The van der Waals surface area contributed by atoms with Gasteiger partial charge in [0.2, 0.25) is 11.8 Å². The average molecular weight is 564 g/mol. The van der Waals surface area contributed by atoms with Crippen molar-refractivity contribution in [1.82, 2.24) is 10.2 Å². The summed E-state index contributed by atoms with van der Waals surface area (Å²) in [6.07, 6.45) is 0.749. The van der Waals surface area contributed by atoms with Crippen LogP contribution in [0.15, 0.2) is 71.6 Å². The molecule has 3 aromatic carbocycles. The van der Waals surface area contributed by atoms with Crippen LogP contribution in [-0.4, -0.2) is 43.8 Å². The highest BCUT2D eigenvalue weighted by Crippen LogP contribution is 2.28. The van der Waals surface area contributed by atoms with Gasteiger partial charge in [-0.2, -0.15) is 0 Å². The van der Waals surface area contributed by atoms with Crippen molar-refractivity contribution >= 4 is 27.5 Å². The smallest absolute Gasteiger partial charge is 0.264 e. The van der Waals surface area contributed by atoms with Gasteiger partial charge in [-0.25, -0.2) is 8.42 Å². The van der Waals surface area contributed by atoms with E-state index in [0.29, 0.717) is 5.69 Å². The van der Waals surface area contributed by atoms with Gasteiger partial charge in [0.15, 0.2) is 0 Å². The molecule has 3 aromatic rings. The lowest BCUT2D eigenvalue weighted by atomic mass is 10.1. The van der Waals surface area contributed by atoms with Crippen molar-refractivity contribution in [3.63, 3.8) is 0 Å². The molecule has 0 radical (unpaired) electrons. The van der Waals surface area contributed by atoms with Crippen LogP contribution in [0.1, 0.15) is 55.0 Å². The first-order valence-corrected chi connectivity index (χ1v) is 15.1. The molecule has 0 spiro atoms. The summed E-state index contributed by atoms with van der Waals surface area (Å²) >= 11 is 0. The van der Waals surface area contributed by atoms with E-state index in [1.165, 1.54) is 9.21 Å². The van der Waals surface area contributed by atoms with Crippen molar-refractivity contribution in [3.8, 4) is 0 Å². The highest BCUT2D eigenvalue weighted by molar-refractivity contribution is 7.92. The Morgan fingerprint density at radius 2 is 1.48 bits per heavy atom. The predicted molar refractivity (Wildman–Crippen MR) is 161 cm³/mol. The Bertz CT molecular complexity index is 1450. The van der Waals surface area contributed by atoms with Crippen LogP contribution in [0.5, 0.6) is 0 Å². The number of rotatable bonds is 11. The Balaban J connectivity index is 2.07. The van der Waals surface area contributed by atoms with E-state index in [1.54, 1.807) is 37.3 Å². The maximum atomic E-state index is 14.1. The molecule has 0 saturated heterocycles. The third-order valence-corrected chi connectivity index (χ3v) is 9.05. The number of carbonyl (C=O) groups is 2. The van der Waals surface area contributed by atoms with E-state index in [0.717, 1.165) is 34.2 Å². The van der Waals surface area contributed by atoms with Crippen LogP contribution < -0.4 is 9.62 Å². The van der Waals surface area contributed by atoms with Crippen molar-refractivity contribution in [2.75, 3.05) is 10.8 Å². The molecule has 0 aliphatic heterocycles. The van der Waals surface area contributed by atoms with E-state index in [9.17, 15) is 18.0 Å². The lowest BCUT2D eigenvalue weighted by Gasteiger charge is -2.33. The quantitative estimate of drug-likeness (QED) is 0.336. The van der Waals surface area contributed by atoms with Crippen LogP contribution in [0.4, 0.5) is 5.69 Å². The molecular formula is C32H41N3O4S. The first-order valence-electron chi connectivity index (χ1n) is 13.7. The van der Waals surface area contributed by atoms with Gasteiger partial charge in [0, 0.05) is 12.6 Å². The summed E-state index contributed by atoms with van der Waals surface area (Å²) in [7, 11) is -4.10. The van der Waals surface area contributed by atoms with Gasteiger partial charge in [-0.3, -0.25) is 13.9 Å². The predicted octanol–water partition coefficient (Wildman–Crippen LogP) is 5.45. The number of carbonyl (C=O) groups excluding carboxylic acids is 2. The Kier molecular flexibility index (Phi) is 10.1. The SMILES string of the molecule is CC[C@@H](C)NC(=O)[C@@H](C)N(Cc1ccccc1C)C(=O)CN(c1ccc(C)cc1C)S(=O)(=O)c1ccc(C)cc1. The lowest BCUT2D eigenvalue weighted by Crippen LogP contribution is -2.52. The number of aryl methyl sites for hydroxylation is 4. The highest BCUT2D eigenvalue weighted by atomic mass is 32.2. The summed E-state index contributed by atoms with van der Waals surface area (Å²) in [6.45, 7) is 12.9. The molecule has 0 aliphatic carbocycles. The maximum absolute atomic E-state index is 14.1. The molecule has 7 nitrogen and oxygen atoms in total. The summed E-state index contributed by atoms with van der Waals surface area (Å²) in [4.78, 5) is 28.9. The van der Waals surface area contributed by atoms with Crippen LogP contribution in [-0.2, 0) is 26.2 Å². The van der Waals surface area contributed by atoms with Crippen molar-refractivity contribution in [2.45, 2.75) is 78.4 Å². The first kappa shape index (κ1) is 30.9. The average Bonchev–Trinajstić information content (AvgIpc) is 2.91. The molecule has 0 unspecified atom stereocenters. The molecule has 0 saturated carbocycles. The molecular weight excluding hydrogens is 522 g/mol. The zero-order chi connectivity index (χ0) is 29.6. The van der Waals surface area contributed by atoms with Crippen LogP contribution in [0, 0.1) is 27.7 Å². The summed E-state index contributed by atoms with van der Waals surface area (Å²) in [6, 6.07) is 18.8.